The summed E-state index contributed by atoms with van der Waals surface area (Å²) in [7, 11) is 0. The highest BCUT2D eigenvalue weighted by molar-refractivity contribution is 5.81. The van der Waals surface area contributed by atoms with Crippen LogP contribution in [-0.4, -0.2) is 68.4 Å². The van der Waals surface area contributed by atoms with Gasteiger partial charge in [0, 0.05) is 6.92 Å². The molecule has 0 saturated carbocycles. The molecule has 0 rings (SSSR count). The molecule has 0 spiro atoms. The maximum Gasteiger partial charge on any atom is 0.329 e. The van der Waals surface area contributed by atoms with Gasteiger partial charge in [-0.15, -0.1) is 0 Å². The Morgan fingerprint density at radius 2 is 1.71 bits per heavy atom. The average molecular weight is 253 g/mol. The Labute approximate surface area is 96.2 Å². The lowest BCUT2D eigenvalue weighted by atomic mass is 10.0. The first-order valence-electron chi connectivity index (χ1n) is 4.61. The monoisotopic (exact) mass is 253 g/mol. The van der Waals surface area contributed by atoms with Gasteiger partial charge in [0.1, 0.15) is 18.3 Å². The summed E-state index contributed by atoms with van der Waals surface area (Å²) in [5.74, 6) is -2.13. The number of carbonyl (C=O) groups is 2. The highest BCUT2D eigenvalue weighted by Crippen LogP contribution is 2.05. The molecule has 9 nitrogen and oxygen atoms in total. The average Bonchev–Trinajstić information content (AvgIpc) is 2.31. The smallest absolute Gasteiger partial charge is 0.329 e. The number of carbonyl (C=O) groups excluding carboxylic acids is 2. The Balaban J connectivity index is 4.32. The van der Waals surface area contributed by atoms with E-state index in [1.807, 2.05) is 0 Å². The van der Waals surface area contributed by atoms with Crippen LogP contribution in [0.1, 0.15) is 6.92 Å². The fourth-order valence-corrected chi connectivity index (χ4v) is 0.860. The van der Waals surface area contributed by atoms with E-state index >= 15 is 0 Å². The fraction of sp³-hybridized carbons (Fsp3) is 0.750. The SMILES string of the molecule is CC(=O)ONC(=O)[C@H](O)[C@@H](O)[C@H](O)[C@H](O)CO. The predicted molar refractivity (Wildman–Crippen MR) is 51.0 cm³/mol. The zero-order chi connectivity index (χ0) is 13.6. The van der Waals surface area contributed by atoms with Gasteiger partial charge in [-0.05, 0) is 0 Å². The van der Waals surface area contributed by atoms with Crippen molar-refractivity contribution in [1.29, 1.82) is 0 Å². The van der Waals surface area contributed by atoms with Crippen LogP contribution in [0.5, 0.6) is 0 Å². The van der Waals surface area contributed by atoms with Crippen molar-refractivity contribution in [3.8, 4) is 0 Å². The van der Waals surface area contributed by atoms with Gasteiger partial charge < -0.3 is 30.4 Å². The van der Waals surface area contributed by atoms with Crippen LogP contribution in [0.3, 0.4) is 0 Å². The van der Waals surface area contributed by atoms with Crippen LogP contribution < -0.4 is 5.48 Å². The van der Waals surface area contributed by atoms with Crippen molar-refractivity contribution in [1.82, 2.24) is 5.48 Å². The molecule has 0 aromatic carbocycles. The molecular formula is C8H15NO8. The third-order valence-corrected chi connectivity index (χ3v) is 1.82. The third kappa shape index (κ3) is 5.06. The highest BCUT2D eigenvalue weighted by atomic mass is 16.7. The molecule has 0 fully saturated rings. The molecule has 0 aliphatic rings. The minimum atomic E-state index is -2.13. The lowest BCUT2D eigenvalue weighted by Crippen LogP contribution is -2.51. The van der Waals surface area contributed by atoms with Crippen LogP contribution in [-0.2, 0) is 14.4 Å². The third-order valence-electron chi connectivity index (χ3n) is 1.82. The topological polar surface area (TPSA) is 157 Å². The molecule has 0 aliphatic heterocycles. The summed E-state index contributed by atoms with van der Waals surface area (Å²) in [5, 5.41) is 45.1. The van der Waals surface area contributed by atoms with E-state index in [9.17, 15) is 24.9 Å². The number of hydrogen-bond acceptors (Lipinski definition) is 8. The molecule has 0 radical (unpaired) electrons. The largest absolute Gasteiger partial charge is 0.394 e. The second-order valence-electron chi connectivity index (χ2n) is 3.24. The van der Waals surface area contributed by atoms with Crippen LogP contribution in [0.15, 0.2) is 0 Å². The second-order valence-corrected chi connectivity index (χ2v) is 3.24. The zero-order valence-corrected chi connectivity index (χ0v) is 8.98. The van der Waals surface area contributed by atoms with Crippen LogP contribution in [0.25, 0.3) is 0 Å². The number of aliphatic hydroxyl groups excluding tert-OH is 5. The molecular weight excluding hydrogens is 238 g/mol. The summed E-state index contributed by atoms with van der Waals surface area (Å²) in [6.07, 6.45) is -7.84. The van der Waals surface area contributed by atoms with E-state index in [1.165, 1.54) is 5.48 Å². The van der Waals surface area contributed by atoms with Gasteiger partial charge in [0.25, 0.3) is 5.91 Å². The number of rotatable bonds is 5. The van der Waals surface area contributed by atoms with E-state index in [-0.39, 0.29) is 0 Å². The van der Waals surface area contributed by atoms with Gasteiger partial charge in [-0.2, -0.15) is 5.48 Å². The summed E-state index contributed by atoms with van der Waals surface area (Å²) in [4.78, 5) is 25.4. The minimum absolute atomic E-state index is 0.851. The van der Waals surface area contributed by atoms with Crippen LogP contribution in [0.4, 0.5) is 0 Å². The van der Waals surface area contributed by atoms with E-state index < -0.39 is 42.9 Å². The molecule has 0 aromatic heterocycles. The fourth-order valence-electron chi connectivity index (χ4n) is 0.860. The van der Waals surface area contributed by atoms with Gasteiger partial charge in [-0.1, -0.05) is 0 Å². The first kappa shape index (κ1) is 15.7. The van der Waals surface area contributed by atoms with Crippen molar-refractivity contribution in [2.24, 2.45) is 0 Å². The molecule has 100 valence electrons. The number of aliphatic hydroxyl groups is 5. The molecule has 0 bridgehead atoms. The van der Waals surface area contributed by atoms with Gasteiger partial charge in [0.2, 0.25) is 0 Å². The number of amides is 1. The summed E-state index contributed by atoms with van der Waals surface area (Å²) in [6, 6.07) is 0. The molecule has 0 saturated heterocycles. The maximum absolute atomic E-state index is 11.1. The molecule has 4 atom stereocenters. The van der Waals surface area contributed by atoms with E-state index in [1.54, 1.807) is 0 Å². The van der Waals surface area contributed by atoms with Crippen LogP contribution in [0, 0.1) is 0 Å². The predicted octanol–water partition coefficient (Wildman–Crippen LogP) is -3.98. The summed E-state index contributed by atoms with van der Waals surface area (Å²) < 4.78 is 0. The standard InChI is InChI=1S/C8H15NO8/c1-3(11)17-9-8(16)7(15)6(14)5(13)4(12)2-10/h4-7,10,12-15H,2H2,1H3,(H,9,16)/t4-,5-,6+,7-/m1/s1. The lowest BCUT2D eigenvalue weighted by molar-refractivity contribution is -0.168. The van der Waals surface area contributed by atoms with E-state index in [4.69, 9.17) is 10.2 Å². The van der Waals surface area contributed by atoms with Gasteiger partial charge in [-0.3, -0.25) is 9.59 Å². The number of nitrogens with one attached hydrogen (secondary N) is 1. The van der Waals surface area contributed by atoms with Crippen molar-refractivity contribution in [3.63, 3.8) is 0 Å². The molecule has 0 aliphatic carbocycles. The maximum atomic E-state index is 11.1. The molecule has 0 heterocycles. The second kappa shape index (κ2) is 7.14. The Bertz CT molecular complexity index is 270. The number of hydrogen-bond donors (Lipinski definition) is 6. The van der Waals surface area contributed by atoms with Crippen molar-refractivity contribution in [2.75, 3.05) is 6.61 Å². The van der Waals surface area contributed by atoms with Gasteiger partial charge >= 0.3 is 5.97 Å². The Morgan fingerprint density at radius 1 is 1.18 bits per heavy atom. The quantitative estimate of drug-likeness (QED) is 0.271. The lowest BCUT2D eigenvalue weighted by Gasteiger charge is -2.24. The van der Waals surface area contributed by atoms with E-state index in [2.05, 4.69) is 4.84 Å². The minimum Gasteiger partial charge on any atom is -0.394 e. The first-order chi connectivity index (χ1) is 7.81. The Hall–Kier alpha value is -1.26. The van der Waals surface area contributed by atoms with Gasteiger partial charge in [0.15, 0.2) is 6.10 Å². The normalized spacial score (nSPS) is 17.8. The highest BCUT2D eigenvalue weighted by Gasteiger charge is 2.34. The molecule has 0 aromatic rings. The Morgan fingerprint density at radius 3 is 2.12 bits per heavy atom. The summed E-state index contributed by atoms with van der Waals surface area (Å²) in [6.45, 7) is 0.129. The molecule has 6 N–H and O–H groups in total. The van der Waals surface area contributed by atoms with Crippen molar-refractivity contribution < 1.29 is 40.0 Å². The summed E-state index contributed by atoms with van der Waals surface area (Å²) >= 11 is 0. The summed E-state index contributed by atoms with van der Waals surface area (Å²) in [5.41, 5.74) is 1.52. The Kier molecular flexibility index (Phi) is 6.61. The van der Waals surface area contributed by atoms with Crippen LogP contribution >= 0.6 is 0 Å². The van der Waals surface area contributed by atoms with Crippen LogP contribution in [0.2, 0.25) is 0 Å². The molecule has 0 unspecified atom stereocenters. The molecule has 1 amide bonds. The van der Waals surface area contributed by atoms with Crippen molar-refractivity contribution in [2.45, 2.75) is 31.3 Å². The van der Waals surface area contributed by atoms with Gasteiger partial charge in [-0.25, -0.2) is 0 Å². The van der Waals surface area contributed by atoms with Crippen molar-refractivity contribution >= 4 is 11.9 Å². The van der Waals surface area contributed by atoms with E-state index in [0.29, 0.717) is 0 Å². The first-order valence-corrected chi connectivity index (χ1v) is 4.61. The number of hydroxylamine groups is 1. The molecule has 17 heavy (non-hydrogen) atoms. The van der Waals surface area contributed by atoms with E-state index in [0.717, 1.165) is 6.92 Å². The molecule has 9 heteroatoms. The zero-order valence-electron chi connectivity index (χ0n) is 8.98. The van der Waals surface area contributed by atoms with Crippen molar-refractivity contribution in [3.05, 3.63) is 0 Å². The van der Waals surface area contributed by atoms with Gasteiger partial charge in [0.05, 0.1) is 6.61 Å².